The molecule has 0 saturated heterocycles. The second-order valence-electron chi connectivity index (χ2n) is 9.23. The van der Waals surface area contributed by atoms with E-state index in [4.69, 9.17) is 15.0 Å². The summed E-state index contributed by atoms with van der Waals surface area (Å²) >= 11 is 0. The molecule has 1 aromatic heterocycles. The average Bonchev–Trinajstić information content (AvgIpc) is 2.92. The predicted octanol–water partition coefficient (Wildman–Crippen LogP) is 8.77. The molecule has 0 atom stereocenters. The van der Waals surface area contributed by atoms with Crippen LogP contribution >= 0.6 is 0 Å². The molecular formula is C33H37N3. The fraction of sp³-hybridized carbons (Fsp3) is 0.303. The largest absolute Gasteiger partial charge is 0.252 e. The second kappa shape index (κ2) is 11.4. The highest BCUT2D eigenvalue weighted by Gasteiger charge is 2.12. The highest BCUT2D eigenvalue weighted by molar-refractivity contribution is 6.10. The molecule has 0 aliphatic heterocycles. The smallest absolute Gasteiger partial charge is 0.0849 e. The standard InChI is InChI=1S/C33H37N3/c1-7-24-14-11-15-25(8-2)31(24)34-22(5)29-19-13-18-28-20-21-30(36-33(28)29)23(6)35-32-26(9-3)16-12-17-27(32)10-4/h11-21H,7-10H2,1-6H3. The Bertz CT molecular complexity index is 1400. The summed E-state index contributed by atoms with van der Waals surface area (Å²) in [5.74, 6) is 0. The molecule has 0 fully saturated rings. The van der Waals surface area contributed by atoms with Crippen LogP contribution in [0.5, 0.6) is 0 Å². The summed E-state index contributed by atoms with van der Waals surface area (Å²) in [6.07, 6.45) is 3.85. The zero-order valence-electron chi connectivity index (χ0n) is 22.5. The lowest BCUT2D eigenvalue weighted by Crippen LogP contribution is -2.03. The van der Waals surface area contributed by atoms with E-state index in [2.05, 4.69) is 108 Å². The van der Waals surface area contributed by atoms with Crippen molar-refractivity contribution in [3.05, 3.63) is 100 Å². The van der Waals surface area contributed by atoms with Crippen molar-refractivity contribution in [1.29, 1.82) is 0 Å². The van der Waals surface area contributed by atoms with Gasteiger partial charge in [-0.3, -0.25) is 9.98 Å². The van der Waals surface area contributed by atoms with Crippen molar-refractivity contribution >= 4 is 33.7 Å². The first-order chi connectivity index (χ1) is 17.5. The third-order valence-corrected chi connectivity index (χ3v) is 6.97. The molecule has 0 saturated carbocycles. The first-order valence-corrected chi connectivity index (χ1v) is 13.2. The molecule has 0 unspecified atom stereocenters. The third-order valence-electron chi connectivity index (χ3n) is 6.97. The minimum absolute atomic E-state index is 0.902. The lowest BCUT2D eigenvalue weighted by molar-refractivity contribution is 1.08. The maximum absolute atomic E-state index is 5.16. The Hall–Kier alpha value is -3.59. The SMILES string of the molecule is CCc1cccc(CC)c1N=C(C)c1ccc2cccc(C(C)=Nc3c(CC)cccc3CC)c2n1. The van der Waals surface area contributed by atoms with Gasteiger partial charge in [0.05, 0.1) is 28.3 Å². The van der Waals surface area contributed by atoms with E-state index in [0.717, 1.165) is 70.6 Å². The summed E-state index contributed by atoms with van der Waals surface area (Å²) in [6, 6.07) is 23.6. The molecule has 0 amide bonds. The predicted molar refractivity (Wildman–Crippen MR) is 156 cm³/mol. The van der Waals surface area contributed by atoms with Gasteiger partial charge < -0.3 is 0 Å². The van der Waals surface area contributed by atoms with Gasteiger partial charge in [-0.1, -0.05) is 88.4 Å². The minimum atomic E-state index is 0.902. The van der Waals surface area contributed by atoms with Gasteiger partial charge in [0.1, 0.15) is 0 Å². The number of rotatable bonds is 8. The quantitative estimate of drug-likeness (QED) is 0.235. The van der Waals surface area contributed by atoms with Crippen LogP contribution in [-0.2, 0) is 25.7 Å². The number of aliphatic imine (C=N–C) groups is 2. The topological polar surface area (TPSA) is 37.6 Å². The van der Waals surface area contributed by atoms with E-state index >= 15 is 0 Å². The fourth-order valence-corrected chi connectivity index (χ4v) is 4.81. The highest BCUT2D eigenvalue weighted by atomic mass is 14.8. The normalized spacial score (nSPS) is 12.4. The van der Waals surface area contributed by atoms with Gasteiger partial charge in [0, 0.05) is 16.7 Å². The van der Waals surface area contributed by atoms with Crippen LogP contribution in [0.2, 0.25) is 0 Å². The molecule has 0 spiro atoms. The Kier molecular flexibility index (Phi) is 8.10. The van der Waals surface area contributed by atoms with E-state index in [9.17, 15) is 0 Å². The maximum atomic E-state index is 5.16. The molecular weight excluding hydrogens is 438 g/mol. The molecule has 184 valence electrons. The number of nitrogens with zero attached hydrogens (tertiary/aromatic N) is 3. The summed E-state index contributed by atoms with van der Waals surface area (Å²) < 4.78 is 0. The van der Waals surface area contributed by atoms with Gasteiger partial charge >= 0.3 is 0 Å². The van der Waals surface area contributed by atoms with Crippen molar-refractivity contribution in [3.63, 3.8) is 0 Å². The van der Waals surface area contributed by atoms with Crippen molar-refractivity contribution in [2.75, 3.05) is 0 Å². The number of aromatic nitrogens is 1. The van der Waals surface area contributed by atoms with Gasteiger partial charge in [-0.15, -0.1) is 0 Å². The van der Waals surface area contributed by atoms with Gasteiger partial charge in [-0.25, -0.2) is 4.98 Å². The molecule has 0 aliphatic carbocycles. The summed E-state index contributed by atoms with van der Waals surface area (Å²) in [5.41, 5.74) is 12.2. The lowest BCUT2D eigenvalue weighted by atomic mass is 10.0. The zero-order valence-corrected chi connectivity index (χ0v) is 22.5. The molecule has 3 heteroatoms. The van der Waals surface area contributed by atoms with E-state index in [1.54, 1.807) is 0 Å². The number of aryl methyl sites for hydroxylation is 4. The second-order valence-corrected chi connectivity index (χ2v) is 9.23. The van der Waals surface area contributed by atoms with Gasteiger partial charge in [-0.2, -0.15) is 0 Å². The Morgan fingerprint density at radius 3 is 1.56 bits per heavy atom. The molecule has 0 N–H and O–H groups in total. The third kappa shape index (κ3) is 5.16. The Morgan fingerprint density at radius 2 is 1.06 bits per heavy atom. The van der Waals surface area contributed by atoms with Crippen LogP contribution in [0.4, 0.5) is 11.4 Å². The molecule has 36 heavy (non-hydrogen) atoms. The van der Waals surface area contributed by atoms with Gasteiger partial charge in [0.25, 0.3) is 0 Å². The van der Waals surface area contributed by atoms with Gasteiger partial charge in [0.15, 0.2) is 0 Å². The average molecular weight is 476 g/mol. The van der Waals surface area contributed by atoms with E-state index in [1.165, 1.54) is 22.3 Å². The number of benzene rings is 3. The lowest BCUT2D eigenvalue weighted by Gasteiger charge is -2.12. The number of pyridine rings is 1. The zero-order chi connectivity index (χ0) is 25.7. The molecule has 0 bridgehead atoms. The summed E-state index contributed by atoms with van der Waals surface area (Å²) in [5, 5.41) is 1.11. The summed E-state index contributed by atoms with van der Waals surface area (Å²) in [6.45, 7) is 12.9. The Labute approximate surface area is 216 Å². The fourth-order valence-electron chi connectivity index (χ4n) is 4.81. The van der Waals surface area contributed by atoms with Crippen molar-refractivity contribution < 1.29 is 0 Å². The van der Waals surface area contributed by atoms with Crippen LogP contribution in [0.3, 0.4) is 0 Å². The summed E-state index contributed by atoms with van der Waals surface area (Å²) in [4.78, 5) is 15.4. The van der Waals surface area contributed by atoms with E-state index in [0.29, 0.717) is 0 Å². The van der Waals surface area contributed by atoms with Crippen LogP contribution < -0.4 is 0 Å². The minimum Gasteiger partial charge on any atom is -0.252 e. The molecule has 0 radical (unpaired) electrons. The van der Waals surface area contributed by atoms with Gasteiger partial charge in [-0.05, 0) is 67.9 Å². The number of hydrogen-bond acceptors (Lipinski definition) is 3. The number of para-hydroxylation sites is 3. The molecule has 1 heterocycles. The van der Waals surface area contributed by atoms with E-state index in [-0.39, 0.29) is 0 Å². The van der Waals surface area contributed by atoms with Crippen LogP contribution in [0.1, 0.15) is 75.1 Å². The molecule has 4 rings (SSSR count). The highest BCUT2D eigenvalue weighted by Crippen LogP contribution is 2.29. The molecule has 4 aromatic rings. The number of fused-ring (bicyclic) bond motifs is 1. The van der Waals surface area contributed by atoms with Crippen molar-refractivity contribution in [2.45, 2.75) is 67.2 Å². The van der Waals surface area contributed by atoms with Gasteiger partial charge in [0.2, 0.25) is 0 Å². The molecule has 3 aromatic carbocycles. The van der Waals surface area contributed by atoms with Crippen molar-refractivity contribution in [3.8, 4) is 0 Å². The monoisotopic (exact) mass is 475 g/mol. The van der Waals surface area contributed by atoms with Crippen molar-refractivity contribution in [2.24, 2.45) is 9.98 Å². The maximum Gasteiger partial charge on any atom is 0.0849 e. The number of hydrogen-bond donors (Lipinski definition) is 0. The first-order valence-electron chi connectivity index (χ1n) is 13.2. The van der Waals surface area contributed by atoms with Crippen LogP contribution in [0.25, 0.3) is 10.9 Å². The molecule has 0 aliphatic rings. The first kappa shape index (κ1) is 25.5. The van der Waals surface area contributed by atoms with Crippen LogP contribution in [0.15, 0.2) is 76.7 Å². The van der Waals surface area contributed by atoms with E-state index in [1.807, 2.05) is 0 Å². The Morgan fingerprint density at radius 1 is 0.583 bits per heavy atom. The Balaban J connectivity index is 1.83. The molecule has 3 nitrogen and oxygen atoms in total. The van der Waals surface area contributed by atoms with Crippen molar-refractivity contribution in [1.82, 2.24) is 4.98 Å². The van der Waals surface area contributed by atoms with Crippen LogP contribution in [0, 0.1) is 0 Å². The van der Waals surface area contributed by atoms with Crippen LogP contribution in [-0.4, -0.2) is 16.4 Å². The summed E-state index contributed by atoms with van der Waals surface area (Å²) in [7, 11) is 0. The van der Waals surface area contributed by atoms with E-state index < -0.39 is 0 Å².